The number of H-pyrrole nitrogens is 2. The Kier molecular flexibility index (Phi) is 19.2. The first-order valence-electron chi connectivity index (χ1n) is 32.2. The van der Waals surface area contributed by atoms with Crippen LogP contribution in [0.2, 0.25) is 0 Å². The van der Waals surface area contributed by atoms with E-state index in [4.69, 9.17) is 19.9 Å². The molecule has 13 rings (SSSR count). The zero-order valence-electron chi connectivity index (χ0n) is 56.3. The summed E-state index contributed by atoms with van der Waals surface area (Å²) in [5.41, 5.74) is -33.1. The first kappa shape index (κ1) is 81.2. The molecule has 116 heavy (non-hydrogen) atoms. The van der Waals surface area contributed by atoms with Gasteiger partial charge in [0.15, 0.2) is 23.3 Å². The Morgan fingerprint density at radius 1 is 0.241 bits per heavy atom. The van der Waals surface area contributed by atoms with Gasteiger partial charge < -0.3 is 51.7 Å². The van der Waals surface area contributed by atoms with Crippen LogP contribution in [0, 0.1) is 0 Å². The summed E-state index contributed by atoms with van der Waals surface area (Å²) in [4.78, 5) is 90.6. The third-order valence-electron chi connectivity index (χ3n) is 18.4. The number of aromatic nitrogens is 8. The van der Waals surface area contributed by atoms with E-state index in [9.17, 15) is 145 Å². The molecule has 20 nitrogen and oxygen atoms in total. The van der Waals surface area contributed by atoms with Crippen LogP contribution >= 0.6 is 0 Å². The maximum absolute atomic E-state index is 14.1. The van der Waals surface area contributed by atoms with Gasteiger partial charge in [-0.15, -0.1) is 0 Å². The number of aromatic amines is 2. The van der Waals surface area contributed by atoms with Crippen molar-refractivity contribution < 1.29 is 145 Å². The van der Waals surface area contributed by atoms with Gasteiger partial charge in [-0.25, -0.2) is 29.9 Å². The van der Waals surface area contributed by atoms with Crippen LogP contribution in [-0.2, 0) is 22.4 Å². The molecular weight excluding hydrogens is 1620 g/mol. The SMILES string of the molecule is O=C(Nc1ccc(C(O)(C(F)(F)F)C(F)(F)F)cc1)c1ccc2c(c1)-c1nc-2nc2[nH]c(nc3nc(nc4[nH]c(n1)c1ccc(C(=O)Nc5ccc(C(O)(C(F)(F)F)C(F)(F)F)cc5)cc41)-c1ccc(C(=O)Nc4ccc(C(O)(C(F)(F)F)C(F)(F)F)cc4)cc1-3)c1ccc(C(=O)Nc3ccc(C(O)(C(F)(F)F)C(F)(F)F)cc3)cc21. The number of hydrogen-bond donors (Lipinski definition) is 10. The summed E-state index contributed by atoms with van der Waals surface area (Å²) in [6, 6.07) is 20.4. The second-order valence-corrected chi connectivity index (χ2v) is 25.6. The predicted octanol–water partition coefficient (Wildman–Crippen LogP) is 17.1. The quantitative estimate of drug-likeness (QED) is 0.0509. The minimum Gasteiger partial charge on any atom is -0.369 e. The van der Waals surface area contributed by atoms with Crippen LogP contribution in [0.15, 0.2) is 170 Å². The van der Waals surface area contributed by atoms with Crippen LogP contribution in [0.1, 0.15) is 63.7 Å². The molecule has 0 aliphatic carbocycles. The number of benzene rings is 8. The number of carbonyl (C=O) groups excluding carboxylic acids is 4. The van der Waals surface area contributed by atoms with Gasteiger partial charge in [0.1, 0.15) is 22.6 Å². The molecule has 0 radical (unpaired) electrons. The van der Waals surface area contributed by atoms with Crippen molar-refractivity contribution >= 4 is 90.5 Å². The standard InChI is InChI=1S/C72H38F24N12O8/c73-65(74,75)61(113,66(76,77)78)33-5-13-37(14-6-33)97-57(109)29-1-21-41-45(25-29)53-101-49(41)105-54-46-26-30(58(110)98-38-15-7-34(8-16-38)62(114,67(79,80)81)68(82,83)84)2-22-42(46)51(102-54)107-56-48-28-32(60(112)100-40-19-11-36(12-20-40)64(116,71(91,92)93)72(94,95)96)4-24-44(48)52(104-56)108-55-47-27-31(3-23-43(47)50(103-55)106-53)59(111)99-39-17-9-35(10-18-39)63(115,69(85,86)87)70(88,89)90/h1-28,113-116H,(H,97,109)(H,98,110)(H,99,111)(H,100,112)(H2,101,102,103,104,105,106,107,108). The van der Waals surface area contributed by atoms with Crippen molar-refractivity contribution in [1.29, 1.82) is 0 Å². The fourth-order valence-electron chi connectivity index (χ4n) is 12.3. The Morgan fingerprint density at radius 3 is 0.664 bits per heavy atom. The summed E-state index contributed by atoms with van der Waals surface area (Å²) in [5.74, 6) is -6.04. The van der Waals surface area contributed by atoms with Crippen LogP contribution in [0.4, 0.5) is 128 Å². The van der Waals surface area contributed by atoms with Crippen LogP contribution in [0.25, 0.3) is 89.7 Å². The van der Waals surface area contributed by atoms with Crippen molar-refractivity contribution in [3.05, 3.63) is 214 Å². The minimum atomic E-state index is -6.30. The number of halogens is 24. The number of aliphatic hydroxyl groups is 4. The van der Waals surface area contributed by atoms with E-state index < -0.39 is 152 Å². The molecule has 0 saturated heterocycles. The summed E-state index contributed by atoms with van der Waals surface area (Å²) in [5, 5.41) is 48.7. The lowest BCUT2D eigenvalue weighted by Crippen LogP contribution is -2.53. The Balaban J connectivity index is 0.984. The second kappa shape index (κ2) is 27.4. The Hall–Kier alpha value is -12.8. The van der Waals surface area contributed by atoms with E-state index in [0.717, 1.165) is 48.5 Å². The topological polar surface area (TPSA) is 306 Å². The van der Waals surface area contributed by atoms with Crippen molar-refractivity contribution in [2.24, 2.45) is 0 Å². The maximum Gasteiger partial charge on any atom is 0.430 e. The molecule has 2 aliphatic heterocycles. The molecule has 5 heterocycles. The third kappa shape index (κ3) is 13.8. The van der Waals surface area contributed by atoms with Crippen LogP contribution in [-0.4, -0.2) is 133 Å². The fraction of sp³-hybridized carbons (Fsp3) is 0.167. The highest BCUT2D eigenvalue weighted by Crippen LogP contribution is 2.55. The number of rotatable bonds is 12. The normalized spacial score (nSPS) is 13.5. The molecule has 8 bridgehead atoms. The molecule has 4 amide bonds. The zero-order chi connectivity index (χ0) is 84.8. The highest BCUT2D eigenvalue weighted by Gasteiger charge is 2.74. The second-order valence-electron chi connectivity index (χ2n) is 25.6. The average Bonchev–Trinajstić information content (AvgIpc) is 0.768. The van der Waals surface area contributed by atoms with Crippen molar-refractivity contribution in [3.63, 3.8) is 0 Å². The van der Waals surface area contributed by atoms with Gasteiger partial charge in [0.05, 0.1) is 0 Å². The number of hydrogen-bond acceptors (Lipinski definition) is 14. The number of nitrogens with one attached hydrogen (secondary N) is 6. The molecule has 0 atom stereocenters. The molecule has 2 aliphatic rings. The van der Waals surface area contributed by atoms with Gasteiger partial charge >= 0.3 is 49.4 Å². The maximum atomic E-state index is 14.1. The summed E-state index contributed by atoms with van der Waals surface area (Å²) in [6.45, 7) is 0. The van der Waals surface area contributed by atoms with Crippen molar-refractivity contribution in [3.8, 4) is 45.6 Å². The van der Waals surface area contributed by atoms with Crippen LogP contribution in [0.5, 0.6) is 0 Å². The molecule has 10 N–H and O–H groups in total. The Bertz CT molecular complexity index is 5600. The fourth-order valence-corrected chi connectivity index (χ4v) is 12.3. The number of anilines is 4. The van der Waals surface area contributed by atoms with Gasteiger partial charge in [-0.2, -0.15) is 105 Å². The van der Waals surface area contributed by atoms with Gasteiger partial charge in [0.2, 0.25) is 0 Å². The number of amides is 4. The monoisotopic (exact) mass is 1650 g/mol. The molecule has 3 aromatic heterocycles. The summed E-state index contributed by atoms with van der Waals surface area (Å²) in [6.07, 6.45) is -50.4. The number of fused-ring (bicyclic) bond motifs is 20. The van der Waals surface area contributed by atoms with E-state index in [-0.39, 0.29) is 149 Å². The molecule has 44 heteroatoms. The highest BCUT2D eigenvalue weighted by atomic mass is 19.4. The molecule has 0 fully saturated rings. The summed E-state index contributed by atoms with van der Waals surface area (Å²) >= 11 is 0. The molecule has 602 valence electrons. The van der Waals surface area contributed by atoms with Crippen molar-refractivity contribution in [1.82, 2.24) is 39.9 Å². The van der Waals surface area contributed by atoms with Gasteiger partial charge in [0, 0.05) is 111 Å². The molecule has 0 spiro atoms. The van der Waals surface area contributed by atoms with E-state index in [1.165, 1.54) is 24.3 Å². The molecule has 8 aromatic carbocycles. The van der Waals surface area contributed by atoms with Gasteiger partial charge in [-0.1, -0.05) is 48.5 Å². The molecular formula is C72H38F24N12O8. The molecule has 0 saturated carbocycles. The van der Waals surface area contributed by atoms with Gasteiger partial charge in [-0.3, -0.25) is 19.2 Å². The number of carbonyl (C=O) groups is 4. The largest absolute Gasteiger partial charge is 0.430 e. The third-order valence-corrected chi connectivity index (χ3v) is 18.4. The Morgan fingerprint density at radius 2 is 0.440 bits per heavy atom. The van der Waals surface area contributed by atoms with Crippen LogP contribution < -0.4 is 21.3 Å². The van der Waals surface area contributed by atoms with Crippen molar-refractivity contribution in [2.75, 3.05) is 21.3 Å². The lowest BCUT2D eigenvalue weighted by Gasteiger charge is -2.32. The van der Waals surface area contributed by atoms with E-state index in [1.807, 2.05) is 0 Å². The van der Waals surface area contributed by atoms with Gasteiger partial charge in [-0.05, 0) is 121 Å². The first-order valence-corrected chi connectivity index (χ1v) is 32.2. The first-order chi connectivity index (χ1) is 53.7. The number of alkyl halides is 24. The lowest BCUT2D eigenvalue weighted by atomic mass is 9.92. The predicted molar refractivity (Wildman–Crippen MR) is 358 cm³/mol. The van der Waals surface area contributed by atoms with Crippen LogP contribution in [0.3, 0.4) is 0 Å². The van der Waals surface area contributed by atoms with E-state index in [2.05, 4.69) is 41.2 Å². The highest BCUT2D eigenvalue weighted by molar-refractivity contribution is 6.14. The average molecular weight is 1660 g/mol. The summed E-state index contributed by atoms with van der Waals surface area (Å²) in [7, 11) is 0. The minimum absolute atomic E-state index is 0.0257. The summed E-state index contributed by atoms with van der Waals surface area (Å²) < 4.78 is 331. The van der Waals surface area contributed by atoms with E-state index in [0.29, 0.717) is 48.5 Å². The molecule has 11 aromatic rings. The van der Waals surface area contributed by atoms with Crippen molar-refractivity contribution in [2.45, 2.75) is 71.8 Å². The van der Waals surface area contributed by atoms with E-state index >= 15 is 0 Å². The molecule has 0 unspecified atom stereocenters. The zero-order valence-corrected chi connectivity index (χ0v) is 56.3. The van der Waals surface area contributed by atoms with Gasteiger partial charge in [0.25, 0.3) is 46.0 Å². The Labute approximate surface area is 626 Å². The van der Waals surface area contributed by atoms with E-state index in [1.54, 1.807) is 0 Å². The lowest BCUT2D eigenvalue weighted by molar-refractivity contribution is -0.376. The number of nitrogens with zero attached hydrogens (tertiary/aromatic N) is 6. The smallest absolute Gasteiger partial charge is 0.369 e.